The van der Waals surface area contributed by atoms with Gasteiger partial charge in [-0.15, -0.1) is 0 Å². The van der Waals surface area contributed by atoms with Crippen LogP contribution in [0.4, 0.5) is 5.69 Å². The molecule has 1 aromatic carbocycles. The molecule has 0 saturated carbocycles. The van der Waals surface area contributed by atoms with E-state index >= 15 is 0 Å². The van der Waals surface area contributed by atoms with Gasteiger partial charge in [-0.25, -0.2) is 5.10 Å². The molecule has 2 aromatic rings. The number of nitrogens with one attached hydrogen (secondary N) is 1. The number of rotatable bonds is 1. The Morgan fingerprint density at radius 2 is 2.00 bits per heavy atom. The Morgan fingerprint density at radius 1 is 1.22 bits per heavy atom. The summed E-state index contributed by atoms with van der Waals surface area (Å²) in [6.45, 7) is 4.20. The lowest BCUT2D eigenvalue weighted by Gasteiger charge is -2.34. The largest absolute Gasteiger partial charge is 0.369 e. The van der Waals surface area contributed by atoms with Gasteiger partial charge in [-0.05, 0) is 25.2 Å². The Kier molecular flexibility index (Phi) is 2.76. The molecule has 1 N–H and O–H groups in total. The monoisotopic (exact) mass is 244 g/mol. The van der Waals surface area contributed by atoms with Crippen molar-refractivity contribution in [3.05, 3.63) is 34.7 Å². The van der Waals surface area contributed by atoms with E-state index in [1.54, 1.807) is 6.20 Å². The van der Waals surface area contributed by atoms with Crippen LogP contribution in [-0.2, 0) is 0 Å². The lowest BCUT2D eigenvalue weighted by atomic mass is 10.1. The number of piperazine rings is 1. The molecule has 0 radical (unpaired) electrons. The van der Waals surface area contributed by atoms with Gasteiger partial charge in [-0.3, -0.25) is 4.79 Å². The van der Waals surface area contributed by atoms with Crippen LogP contribution in [0.5, 0.6) is 0 Å². The molecule has 1 aromatic heterocycles. The highest BCUT2D eigenvalue weighted by Crippen LogP contribution is 2.20. The van der Waals surface area contributed by atoms with Crippen molar-refractivity contribution in [1.82, 2.24) is 15.1 Å². The third kappa shape index (κ3) is 1.97. The number of aromatic nitrogens is 2. The Balaban J connectivity index is 1.96. The van der Waals surface area contributed by atoms with Gasteiger partial charge in [0.15, 0.2) is 0 Å². The zero-order chi connectivity index (χ0) is 12.5. The Hall–Kier alpha value is -1.88. The van der Waals surface area contributed by atoms with E-state index in [0.29, 0.717) is 5.39 Å². The molecule has 94 valence electrons. The van der Waals surface area contributed by atoms with Gasteiger partial charge in [0.25, 0.3) is 5.56 Å². The van der Waals surface area contributed by atoms with Crippen molar-refractivity contribution < 1.29 is 0 Å². The standard InChI is InChI=1S/C13H16N4O/c1-16-4-6-17(7-5-16)11-2-3-12-10(8-11)9-14-15-13(12)18/h2-3,8-9H,4-7H2,1H3,(H,15,18). The fourth-order valence-electron chi connectivity index (χ4n) is 2.35. The smallest absolute Gasteiger partial charge is 0.272 e. The second-order valence-corrected chi connectivity index (χ2v) is 4.76. The zero-order valence-corrected chi connectivity index (χ0v) is 10.4. The van der Waals surface area contributed by atoms with Crippen LogP contribution in [0, 0.1) is 0 Å². The second kappa shape index (κ2) is 4.42. The number of benzene rings is 1. The first-order chi connectivity index (χ1) is 8.74. The average Bonchev–Trinajstić information content (AvgIpc) is 2.39. The molecular weight excluding hydrogens is 228 g/mol. The van der Waals surface area contributed by atoms with Gasteiger partial charge in [0, 0.05) is 37.3 Å². The van der Waals surface area contributed by atoms with E-state index in [-0.39, 0.29) is 5.56 Å². The molecule has 0 amide bonds. The van der Waals surface area contributed by atoms with Crippen molar-refractivity contribution in [3.63, 3.8) is 0 Å². The van der Waals surface area contributed by atoms with Crippen molar-refractivity contribution in [2.45, 2.75) is 0 Å². The molecule has 1 saturated heterocycles. The number of likely N-dealkylation sites (N-methyl/N-ethyl adjacent to an activating group) is 1. The third-order valence-corrected chi connectivity index (χ3v) is 3.52. The number of H-pyrrole nitrogens is 1. The molecule has 5 nitrogen and oxygen atoms in total. The van der Waals surface area contributed by atoms with Crippen LogP contribution in [0.3, 0.4) is 0 Å². The normalized spacial score (nSPS) is 17.3. The lowest BCUT2D eigenvalue weighted by Crippen LogP contribution is -2.44. The lowest BCUT2D eigenvalue weighted by molar-refractivity contribution is 0.313. The molecule has 5 heteroatoms. The van der Waals surface area contributed by atoms with E-state index in [0.717, 1.165) is 31.6 Å². The van der Waals surface area contributed by atoms with Gasteiger partial charge in [-0.1, -0.05) is 0 Å². The first-order valence-corrected chi connectivity index (χ1v) is 6.15. The number of hydrogen-bond acceptors (Lipinski definition) is 4. The maximum absolute atomic E-state index is 11.6. The number of aromatic amines is 1. The fourth-order valence-corrected chi connectivity index (χ4v) is 2.35. The maximum Gasteiger partial charge on any atom is 0.272 e. The number of anilines is 1. The maximum atomic E-state index is 11.6. The number of hydrogen-bond donors (Lipinski definition) is 1. The van der Waals surface area contributed by atoms with E-state index < -0.39 is 0 Å². The van der Waals surface area contributed by atoms with Crippen LogP contribution in [-0.4, -0.2) is 48.3 Å². The molecule has 2 heterocycles. The van der Waals surface area contributed by atoms with Crippen LogP contribution in [0.1, 0.15) is 0 Å². The molecule has 1 aliphatic heterocycles. The van der Waals surface area contributed by atoms with Gasteiger partial charge < -0.3 is 9.80 Å². The first-order valence-electron chi connectivity index (χ1n) is 6.15. The Morgan fingerprint density at radius 3 is 2.78 bits per heavy atom. The molecule has 18 heavy (non-hydrogen) atoms. The van der Waals surface area contributed by atoms with E-state index in [2.05, 4.69) is 27.0 Å². The number of nitrogens with zero attached hydrogens (tertiary/aromatic N) is 3. The Bertz CT molecular complexity index is 614. The first kappa shape index (κ1) is 11.2. The minimum atomic E-state index is -0.127. The molecule has 0 unspecified atom stereocenters. The third-order valence-electron chi connectivity index (χ3n) is 3.52. The average molecular weight is 244 g/mol. The van der Waals surface area contributed by atoms with Crippen LogP contribution >= 0.6 is 0 Å². The van der Waals surface area contributed by atoms with Crippen LogP contribution in [0.25, 0.3) is 10.8 Å². The summed E-state index contributed by atoms with van der Waals surface area (Å²) in [5.41, 5.74) is 1.04. The van der Waals surface area contributed by atoms with E-state index in [1.165, 1.54) is 5.69 Å². The van der Waals surface area contributed by atoms with Crippen molar-refractivity contribution >= 4 is 16.5 Å². The van der Waals surface area contributed by atoms with Gasteiger partial charge in [0.1, 0.15) is 0 Å². The molecule has 1 aliphatic rings. The van der Waals surface area contributed by atoms with Crippen molar-refractivity contribution in [3.8, 4) is 0 Å². The van der Waals surface area contributed by atoms with E-state index in [9.17, 15) is 4.79 Å². The predicted molar refractivity (Wildman–Crippen MR) is 72.1 cm³/mol. The van der Waals surface area contributed by atoms with Crippen molar-refractivity contribution in [2.24, 2.45) is 0 Å². The summed E-state index contributed by atoms with van der Waals surface area (Å²) in [7, 11) is 2.14. The summed E-state index contributed by atoms with van der Waals surface area (Å²) < 4.78 is 0. The summed E-state index contributed by atoms with van der Waals surface area (Å²) in [5.74, 6) is 0. The number of fused-ring (bicyclic) bond motifs is 1. The van der Waals surface area contributed by atoms with Gasteiger partial charge in [0.05, 0.1) is 11.6 Å². The molecule has 3 rings (SSSR count). The zero-order valence-electron chi connectivity index (χ0n) is 10.4. The molecule has 0 atom stereocenters. The van der Waals surface area contributed by atoms with Crippen LogP contribution < -0.4 is 10.5 Å². The summed E-state index contributed by atoms with van der Waals surface area (Å²) in [5, 5.41) is 7.90. The highest BCUT2D eigenvalue weighted by Gasteiger charge is 2.14. The minimum absolute atomic E-state index is 0.127. The summed E-state index contributed by atoms with van der Waals surface area (Å²) in [4.78, 5) is 16.2. The van der Waals surface area contributed by atoms with E-state index in [1.807, 2.05) is 18.2 Å². The Labute approximate surface area is 105 Å². The molecule has 0 spiro atoms. The molecular formula is C13H16N4O. The predicted octanol–water partition coefficient (Wildman–Crippen LogP) is 0.675. The van der Waals surface area contributed by atoms with Crippen molar-refractivity contribution in [1.29, 1.82) is 0 Å². The summed E-state index contributed by atoms with van der Waals surface area (Å²) in [6, 6.07) is 5.94. The summed E-state index contributed by atoms with van der Waals surface area (Å²) in [6.07, 6.45) is 1.70. The summed E-state index contributed by atoms with van der Waals surface area (Å²) >= 11 is 0. The van der Waals surface area contributed by atoms with E-state index in [4.69, 9.17) is 0 Å². The highest BCUT2D eigenvalue weighted by atomic mass is 16.1. The quantitative estimate of drug-likeness (QED) is 0.801. The topological polar surface area (TPSA) is 52.2 Å². The molecule has 1 fully saturated rings. The minimum Gasteiger partial charge on any atom is -0.369 e. The van der Waals surface area contributed by atoms with Gasteiger partial charge >= 0.3 is 0 Å². The van der Waals surface area contributed by atoms with Crippen molar-refractivity contribution in [2.75, 3.05) is 38.1 Å². The van der Waals surface area contributed by atoms with Crippen LogP contribution in [0.2, 0.25) is 0 Å². The van der Waals surface area contributed by atoms with Gasteiger partial charge in [0.2, 0.25) is 0 Å². The second-order valence-electron chi connectivity index (χ2n) is 4.76. The highest BCUT2D eigenvalue weighted by molar-refractivity contribution is 5.84. The SMILES string of the molecule is CN1CCN(c2ccc3c(=O)[nH]ncc3c2)CC1. The van der Waals surface area contributed by atoms with Gasteiger partial charge in [-0.2, -0.15) is 5.10 Å². The molecule has 0 bridgehead atoms. The molecule has 0 aliphatic carbocycles. The fraction of sp³-hybridized carbons (Fsp3) is 0.385. The van der Waals surface area contributed by atoms with Crippen LogP contribution in [0.15, 0.2) is 29.2 Å².